The summed E-state index contributed by atoms with van der Waals surface area (Å²) in [6.07, 6.45) is 1.07. The summed E-state index contributed by atoms with van der Waals surface area (Å²) in [6, 6.07) is 3.18. The molecule has 0 aliphatic heterocycles. The molecular weight excluding hydrogens is 130 g/mol. The van der Waals surface area contributed by atoms with Gasteiger partial charge in [-0.15, -0.1) is 0 Å². The van der Waals surface area contributed by atoms with Crippen molar-refractivity contribution in [3.8, 4) is 12.1 Å². The van der Waals surface area contributed by atoms with E-state index in [9.17, 15) is 4.79 Å². The van der Waals surface area contributed by atoms with Crippen molar-refractivity contribution < 1.29 is 4.79 Å². The molecule has 0 aromatic carbocycles. The molecule has 0 bridgehead atoms. The fourth-order valence-electron chi connectivity index (χ4n) is 0.263. The van der Waals surface area contributed by atoms with E-state index in [1.165, 1.54) is 6.92 Å². The first kappa shape index (κ1) is 8.19. The number of hydrogen-bond acceptors (Lipinski definition) is 3. The molecule has 50 valence electrons. The molecule has 0 saturated carbocycles. The first-order valence-electron chi connectivity index (χ1n) is 2.48. The highest BCUT2D eigenvalue weighted by Gasteiger charge is 1.90. The van der Waals surface area contributed by atoms with Gasteiger partial charge in [0, 0.05) is 13.1 Å². The largest absolute Gasteiger partial charge is 0.331 e. The van der Waals surface area contributed by atoms with Crippen molar-refractivity contribution in [3.05, 3.63) is 11.8 Å². The maximum atomic E-state index is 10.2. The Kier molecular flexibility index (Phi) is 3.36. The van der Waals surface area contributed by atoms with Gasteiger partial charge in [0.25, 0.3) is 0 Å². The van der Waals surface area contributed by atoms with E-state index in [1.807, 2.05) is 0 Å². The van der Waals surface area contributed by atoms with Gasteiger partial charge in [-0.05, 0) is 0 Å². The molecule has 0 aliphatic carbocycles. The highest BCUT2D eigenvalue weighted by Crippen LogP contribution is 1.83. The lowest BCUT2D eigenvalue weighted by Gasteiger charge is -1.87. The van der Waals surface area contributed by atoms with Crippen molar-refractivity contribution in [1.29, 1.82) is 10.5 Å². The molecule has 1 amide bonds. The Morgan fingerprint density at radius 2 is 2.00 bits per heavy atom. The van der Waals surface area contributed by atoms with E-state index in [1.54, 1.807) is 12.1 Å². The highest BCUT2D eigenvalue weighted by atomic mass is 16.1. The number of nitrogens with zero attached hydrogens (tertiary/aromatic N) is 2. The Morgan fingerprint density at radius 1 is 1.50 bits per heavy atom. The summed E-state index contributed by atoms with van der Waals surface area (Å²) in [4.78, 5) is 10.2. The topological polar surface area (TPSA) is 76.7 Å². The van der Waals surface area contributed by atoms with Crippen LogP contribution in [-0.4, -0.2) is 5.91 Å². The summed E-state index contributed by atoms with van der Waals surface area (Å²) in [7, 11) is 0. The third kappa shape index (κ3) is 3.23. The minimum atomic E-state index is -0.303. The quantitative estimate of drug-likeness (QED) is 0.516. The van der Waals surface area contributed by atoms with Gasteiger partial charge in [0.2, 0.25) is 5.91 Å². The third-order valence-corrected chi connectivity index (χ3v) is 0.661. The molecule has 0 fully saturated rings. The number of carbonyl (C=O) groups excluding carboxylic acids is 1. The minimum Gasteiger partial charge on any atom is -0.331 e. The molecule has 0 rings (SSSR count). The molecule has 0 aliphatic rings. The van der Waals surface area contributed by atoms with Crippen LogP contribution in [-0.2, 0) is 4.79 Å². The summed E-state index contributed by atoms with van der Waals surface area (Å²) in [5.74, 6) is -0.303. The number of nitrogens with one attached hydrogen (secondary N) is 1. The van der Waals surface area contributed by atoms with Gasteiger partial charge in [-0.2, -0.15) is 10.5 Å². The lowest BCUT2D eigenvalue weighted by atomic mass is 10.3. The second-order valence-corrected chi connectivity index (χ2v) is 1.48. The van der Waals surface area contributed by atoms with Crippen molar-refractivity contribution in [1.82, 2.24) is 5.32 Å². The van der Waals surface area contributed by atoms with Gasteiger partial charge in [0.15, 0.2) is 0 Å². The molecule has 0 unspecified atom stereocenters. The van der Waals surface area contributed by atoms with Crippen LogP contribution in [0.1, 0.15) is 6.92 Å². The Balaban J connectivity index is 4.07. The lowest BCUT2D eigenvalue weighted by molar-refractivity contribution is -0.118. The monoisotopic (exact) mass is 135 g/mol. The van der Waals surface area contributed by atoms with E-state index in [0.717, 1.165) is 6.20 Å². The molecule has 1 N–H and O–H groups in total. The van der Waals surface area contributed by atoms with Crippen LogP contribution in [0.15, 0.2) is 11.8 Å². The normalized spacial score (nSPS) is 6.70. The Labute approximate surface area is 58.4 Å². The van der Waals surface area contributed by atoms with Gasteiger partial charge < -0.3 is 5.32 Å². The average molecular weight is 135 g/mol. The number of carbonyl (C=O) groups is 1. The van der Waals surface area contributed by atoms with Gasteiger partial charge >= 0.3 is 0 Å². The van der Waals surface area contributed by atoms with Crippen LogP contribution in [0.5, 0.6) is 0 Å². The van der Waals surface area contributed by atoms with Crippen LogP contribution in [0.4, 0.5) is 0 Å². The average Bonchev–Trinajstić information content (AvgIpc) is 1.90. The summed E-state index contributed by atoms with van der Waals surface area (Å²) >= 11 is 0. The van der Waals surface area contributed by atoms with Gasteiger partial charge in [0.1, 0.15) is 17.7 Å². The fraction of sp³-hybridized carbons (Fsp3) is 0.167. The van der Waals surface area contributed by atoms with Gasteiger partial charge in [0.05, 0.1) is 0 Å². The van der Waals surface area contributed by atoms with Crippen molar-refractivity contribution in [2.75, 3.05) is 0 Å². The van der Waals surface area contributed by atoms with Crippen LogP contribution >= 0.6 is 0 Å². The van der Waals surface area contributed by atoms with Crippen LogP contribution in [0, 0.1) is 22.7 Å². The molecule has 0 heterocycles. The standard InChI is InChI=1S/C6H5N3O/c1-5(10)9-4-6(2-7)3-8/h4H,1H3,(H,9,10). The zero-order valence-electron chi connectivity index (χ0n) is 5.38. The van der Waals surface area contributed by atoms with Crippen LogP contribution < -0.4 is 5.32 Å². The molecule has 4 heteroatoms. The Hall–Kier alpha value is -1.81. The summed E-state index contributed by atoms with van der Waals surface area (Å²) in [5.41, 5.74) is -0.116. The van der Waals surface area contributed by atoms with Crippen molar-refractivity contribution in [2.45, 2.75) is 6.92 Å². The van der Waals surface area contributed by atoms with Crippen molar-refractivity contribution in [3.63, 3.8) is 0 Å². The Morgan fingerprint density at radius 3 is 2.30 bits per heavy atom. The number of rotatable bonds is 1. The molecule has 0 aromatic heterocycles. The van der Waals surface area contributed by atoms with Crippen LogP contribution in [0.25, 0.3) is 0 Å². The molecule has 0 saturated heterocycles. The summed E-state index contributed by atoms with van der Waals surface area (Å²) in [5, 5.41) is 18.5. The third-order valence-electron chi connectivity index (χ3n) is 0.661. The first-order valence-corrected chi connectivity index (χ1v) is 2.48. The second-order valence-electron chi connectivity index (χ2n) is 1.48. The van der Waals surface area contributed by atoms with E-state index in [-0.39, 0.29) is 11.5 Å². The highest BCUT2D eigenvalue weighted by molar-refractivity contribution is 5.74. The number of amides is 1. The maximum absolute atomic E-state index is 10.2. The minimum absolute atomic E-state index is 0.116. The van der Waals surface area contributed by atoms with Gasteiger partial charge in [-0.1, -0.05) is 0 Å². The lowest BCUT2D eigenvalue weighted by Crippen LogP contribution is -2.12. The predicted octanol–water partition coefficient (Wildman–Crippen LogP) is 0.0536. The zero-order chi connectivity index (χ0) is 7.98. The van der Waals surface area contributed by atoms with Crippen molar-refractivity contribution >= 4 is 5.91 Å². The van der Waals surface area contributed by atoms with Gasteiger partial charge in [-0.3, -0.25) is 4.79 Å². The molecule has 0 spiro atoms. The first-order chi connectivity index (χ1) is 4.70. The van der Waals surface area contributed by atoms with Gasteiger partial charge in [-0.25, -0.2) is 0 Å². The van der Waals surface area contributed by atoms with Crippen LogP contribution in [0.2, 0.25) is 0 Å². The summed E-state index contributed by atoms with van der Waals surface area (Å²) < 4.78 is 0. The maximum Gasteiger partial charge on any atom is 0.220 e. The molecule has 10 heavy (non-hydrogen) atoms. The number of allylic oxidation sites excluding steroid dienone is 1. The SMILES string of the molecule is CC(=O)NC=C(C#N)C#N. The number of nitriles is 2. The molecule has 0 radical (unpaired) electrons. The van der Waals surface area contributed by atoms with E-state index in [2.05, 4.69) is 5.32 Å². The molecule has 0 aromatic rings. The predicted molar refractivity (Wildman–Crippen MR) is 33.1 cm³/mol. The van der Waals surface area contributed by atoms with Crippen LogP contribution in [0.3, 0.4) is 0 Å². The van der Waals surface area contributed by atoms with E-state index in [4.69, 9.17) is 10.5 Å². The molecule has 4 nitrogen and oxygen atoms in total. The summed E-state index contributed by atoms with van der Waals surface area (Å²) in [6.45, 7) is 1.29. The van der Waals surface area contributed by atoms with E-state index < -0.39 is 0 Å². The molecule has 0 atom stereocenters. The van der Waals surface area contributed by atoms with E-state index in [0.29, 0.717) is 0 Å². The second kappa shape index (κ2) is 4.11. The van der Waals surface area contributed by atoms with E-state index >= 15 is 0 Å². The smallest absolute Gasteiger partial charge is 0.220 e. The Bertz CT molecular complexity index is 225. The number of hydrogen-bond donors (Lipinski definition) is 1. The fourth-order valence-corrected chi connectivity index (χ4v) is 0.263. The molecular formula is C6H5N3O. The van der Waals surface area contributed by atoms with Crippen molar-refractivity contribution in [2.24, 2.45) is 0 Å². The zero-order valence-corrected chi connectivity index (χ0v) is 5.38.